The van der Waals surface area contributed by atoms with E-state index >= 15 is 0 Å². The summed E-state index contributed by atoms with van der Waals surface area (Å²) in [6, 6.07) is 6.31. The van der Waals surface area contributed by atoms with Crippen molar-refractivity contribution in [1.82, 2.24) is 14.1 Å². The van der Waals surface area contributed by atoms with Crippen LogP contribution in [0.15, 0.2) is 29.2 Å². The molecule has 0 aromatic heterocycles. The van der Waals surface area contributed by atoms with E-state index in [0.29, 0.717) is 31.7 Å². The predicted octanol–water partition coefficient (Wildman–Crippen LogP) is 2.27. The number of sulfonamides is 1. The van der Waals surface area contributed by atoms with Crippen molar-refractivity contribution < 1.29 is 13.2 Å². The van der Waals surface area contributed by atoms with Crippen LogP contribution in [0.25, 0.3) is 0 Å². The molecule has 2 rings (SSSR count). The van der Waals surface area contributed by atoms with E-state index in [4.69, 9.17) is 0 Å². The summed E-state index contributed by atoms with van der Waals surface area (Å²) >= 11 is 0. The molecule has 26 heavy (non-hydrogen) atoms. The standard InChI is InChI=1S/C19H31N3O3S/c1-6-22(7-2)26(24,25)17-10-8-16(9-11-17)18(23)20-12-14-21(15-13-20)19(3,4)5/h8-11H,6-7,12-15H2,1-5H3. The fourth-order valence-corrected chi connectivity index (χ4v) is 4.70. The molecule has 0 saturated carbocycles. The van der Waals surface area contributed by atoms with Gasteiger partial charge in [0, 0.05) is 50.4 Å². The molecule has 6 nitrogen and oxygen atoms in total. The molecule has 0 bridgehead atoms. The van der Waals surface area contributed by atoms with Crippen LogP contribution < -0.4 is 0 Å². The topological polar surface area (TPSA) is 60.9 Å². The fraction of sp³-hybridized carbons (Fsp3) is 0.632. The van der Waals surface area contributed by atoms with Crippen LogP contribution in [-0.2, 0) is 10.0 Å². The van der Waals surface area contributed by atoms with Gasteiger partial charge in [0.2, 0.25) is 10.0 Å². The summed E-state index contributed by atoms with van der Waals surface area (Å²) in [5.41, 5.74) is 0.642. The molecule has 1 saturated heterocycles. The zero-order valence-corrected chi connectivity index (χ0v) is 17.3. The summed E-state index contributed by atoms with van der Waals surface area (Å²) in [5.74, 6) is -0.0367. The maximum absolute atomic E-state index is 12.7. The van der Waals surface area contributed by atoms with Crippen molar-refractivity contribution in [3.8, 4) is 0 Å². The van der Waals surface area contributed by atoms with Crippen LogP contribution in [0.5, 0.6) is 0 Å². The summed E-state index contributed by atoms with van der Waals surface area (Å²) in [6.07, 6.45) is 0. The number of benzene rings is 1. The number of hydrogen-bond donors (Lipinski definition) is 0. The molecule has 0 N–H and O–H groups in total. The Labute approximate surface area is 157 Å². The number of piperazine rings is 1. The highest BCUT2D eigenvalue weighted by molar-refractivity contribution is 7.89. The van der Waals surface area contributed by atoms with Crippen LogP contribution in [-0.4, -0.2) is 73.2 Å². The molecule has 0 radical (unpaired) electrons. The van der Waals surface area contributed by atoms with Gasteiger partial charge in [-0.3, -0.25) is 9.69 Å². The molecule has 0 spiro atoms. The second-order valence-electron chi connectivity index (χ2n) is 7.56. The molecule has 0 aliphatic carbocycles. The lowest BCUT2D eigenvalue weighted by atomic mass is 10.0. The van der Waals surface area contributed by atoms with Crippen molar-refractivity contribution in [1.29, 1.82) is 0 Å². The van der Waals surface area contributed by atoms with Crippen LogP contribution in [0.3, 0.4) is 0 Å². The van der Waals surface area contributed by atoms with Crippen LogP contribution in [0.2, 0.25) is 0 Å². The first kappa shape index (κ1) is 20.9. The third-order valence-electron chi connectivity index (χ3n) is 4.96. The Kier molecular flexibility index (Phi) is 6.47. The first-order chi connectivity index (χ1) is 12.1. The molecular weight excluding hydrogens is 350 g/mol. The SMILES string of the molecule is CCN(CC)S(=O)(=O)c1ccc(C(=O)N2CCN(C(C)(C)C)CC2)cc1. The Balaban J connectivity index is 2.08. The average Bonchev–Trinajstić information content (AvgIpc) is 2.61. The Bertz CT molecular complexity index is 711. The third kappa shape index (κ3) is 4.45. The van der Waals surface area contributed by atoms with E-state index in [9.17, 15) is 13.2 Å². The van der Waals surface area contributed by atoms with Gasteiger partial charge in [0.25, 0.3) is 5.91 Å². The highest BCUT2D eigenvalue weighted by atomic mass is 32.2. The van der Waals surface area contributed by atoms with Crippen LogP contribution in [0.1, 0.15) is 45.0 Å². The molecule has 1 aliphatic rings. The highest BCUT2D eigenvalue weighted by Crippen LogP contribution is 2.19. The maximum Gasteiger partial charge on any atom is 0.253 e. The van der Waals surface area contributed by atoms with Crippen molar-refractivity contribution in [2.75, 3.05) is 39.3 Å². The Morgan fingerprint density at radius 1 is 1.00 bits per heavy atom. The second kappa shape index (κ2) is 8.06. The lowest BCUT2D eigenvalue weighted by Crippen LogP contribution is -2.54. The summed E-state index contributed by atoms with van der Waals surface area (Å²) in [6.45, 7) is 14.1. The van der Waals surface area contributed by atoms with Gasteiger partial charge in [0.15, 0.2) is 0 Å². The number of carbonyl (C=O) groups is 1. The van der Waals surface area contributed by atoms with Crippen molar-refractivity contribution in [2.45, 2.75) is 45.1 Å². The molecule has 0 unspecified atom stereocenters. The minimum absolute atomic E-state index is 0.0367. The van der Waals surface area contributed by atoms with Gasteiger partial charge in [0.1, 0.15) is 0 Å². The first-order valence-electron chi connectivity index (χ1n) is 9.25. The van der Waals surface area contributed by atoms with E-state index in [-0.39, 0.29) is 16.3 Å². The molecule has 0 atom stereocenters. The number of amides is 1. The molecule has 146 valence electrons. The van der Waals surface area contributed by atoms with Gasteiger partial charge in [-0.25, -0.2) is 8.42 Å². The van der Waals surface area contributed by atoms with Gasteiger partial charge >= 0.3 is 0 Å². The van der Waals surface area contributed by atoms with Crippen molar-refractivity contribution >= 4 is 15.9 Å². The van der Waals surface area contributed by atoms with Crippen LogP contribution in [0.4, 0.5) is 0 Å². The zero-order valence-electron chi connectivity index (χ0n) is 16.5. The summed E-state index contributed by atoms with van der Waals surface area (Å²) in [7, 11) is -3.49. The second-order valence-corrected chi connectivity index (χ2v) is 9.50. The molecule has 1 aromatic rings. The van der Waals surface area contributed by atoms with Crippen molar-refractivity contribution in [3.63, 3.8) is 0 Å². The Morgan fingerprint density at radius 3 is 1.92 bits per heavy atom. The Morgan fingerprint density at radius 2 is 1.50 bits per heavy atom. The van der Waals surface area contributed by atoms with Crippen molar-refractivity contribution in [3.05, 3.63) is 29.8 Å². The van der Waals surface area contributed by atoms with E-state index in [1.165, 1.54) is 16.4 Å². The quantitative estimate of drug-likeness (QED) is 0.785. The van der Waals surface area contributed by atoms with E-state index in [1.807, 2.05) is 18.7 Å². The van der Waals surface area contributed by atoms with Gasteiger partial charge in [-0.2, -0.15) is 4.31 Å². The molecule has 1 aromatic carbocycles. The van der Waals surface area contributed by atoms with Crippen LogP contribution >= 0.6 is 0 Å². The monoisotopic (exact) mass is 381 g/mol. The number of carbonyl (C=O) groups excluding carboxylic acids is 1. The minimum Gasteiger partial charge on any atom is -0.336 e. The summed E-state index contributed by atoms with van der Waals surface area (Å²) in [4.78, 5) is 17.2. The third-order valence-corrected chi connectivity index (χ3v) is 7.02. The van der Waals surface area contributed by atoms with Gasteiger partial charge in [-0.15, -0.1) is 0 Å². The summed E-state index contributed by atoms with van der Waals surface area (Å²) < 4.78 is 26.5. The Hall–Kier alpha value is -1.44. The highest BCUT2D eigenvalue weighted by Gasteiger charge is 2.28. The lowest BCUT2D eigenvalue weighted by Gasteiger charge is -2.42. The van der Waals surface area contributed by atoms with E-state index in [2.05, 4.69) is 25.7 Å². The van der Waals surface area contributed by atoms with E-state index < -0.39 is 10.0 Å². The number of nitrogens with zero attached hydrogens (tertiary/aromatic N) is 3. The molecule has 1 amide bonds. The van der Waals surface area contributed by atoms with E-state index in [0.717, 1.165) is 13.1 Å². The van der Waals surface area contributed by atoms with Gasteiger partial charge in [0.05, 0.1) is 4.90 Å². The molecule has 1 fully saturated rings. The maximum atomic E-state index is 12.7. The first-order valence-corrected chi connectivity index (χ1v) is 10.7. The predicted molar refractivity (Wildman–Crippen MR) is 104 cm³/mol. The molecular formula is C19H31N3O3S. The van der Waals surface area contributed by atoms with Crippen LogP contribution in [0, 0.1) is 0 Å². The fourth-order valence-electron chi connectivity index (χ4n) is 3.25. The normalized spacial score (nSPS) is 16.9. The van der Waals surface area contributed by atoms with Gasteiger partial charge in [-0.05, 0) is 45.0 Å². The van der Waals surface area contributed by atoms with Gasteiger partial charge < -0.3 is 4.90 Å². The lowest BCUT2D eigenvalue weighted by molar-refractivity contribution is 0.0451. The van der Waals surface area contributed by atoms with Crippen molar-refractivity contribution in [2.24, 2.45) is 0 Å². The largest absolute Gasteiger partial charge is 0.336 e. The molecule has 1 heterocycles. The van der Waals surface area contributed by atoms with E-state index in [1.54, 1.807) is 12.1 Å². The number of hydrogen-bond acceptors (Lipinski definition) is 4. The smallest absolute Gasteiger partial charge is 0.253 e. The van der Waals surface area contributed by atoms with Gasteiger partial charge in [-0.1, -0.05) is 13.8 Å². The minimum atomic E-state index is -3.49. The number of rotatable bonds is 5. The summed E-state index contributed by atoms with van der Waals surface area (Å²) in [5, 5.41) is 0. The average molecular weight is 382 g/mol. The molecule has 1 aliphatic heterocycles. The molecule has 7 heteroatoms. The zero-order chi connectivity index (χ0) is 19.5.